The largest absolute Gasteiger partial charge is 0.463 e. The van der Waals surface area contributed by atoms with Crippen molar-refractivity contribution in [3.8, 4) is 0 Å². The molecule has 7 nitrogen and oxygen atoms in total. The molecule has 1 heterocycles. The molecule has 8 heteroatoms. The zero-order valence-electron chi connectivity index (χ0n) is 10.8. The van der Waals surface area contributed by atoms with E-state index >= 15 is 0 Å². The molecule has 0 aliphatic carbocycles. The molecule has 1 fully saturated rings. The van der Waals surface area contributed by atoms with Crippen LogP contribution in [0.3, 0.4) is 0 Å². The molecule has 0 aromatic heterocycles. The molecule has 1 saturated heterocycles. The summed E-state index contributed by atoms with van der Waals surface area (Å²) in [7, 11) is 4.92. The number of nitrogens with one attached hydrogen (secondary N) is 1. The van der Waals surface area contributed by atoms with Crippen LogP contribution in [0.5, 0.6) is 0 Å². The number of carbonyl (C=O) groups excluding carboxylic acids is 3. The highest BCUT2D eigenvalue weighted by Crippen LogP contribution is 2.18. The molecule has 0 spiro atoms. The van der Waals surface area contributed by atoms with Crippen LogP contribution in [-0.2, 0) is 19.1 Å². The second-order valence-corrected chi connectivity index (χ2v) is 4.34. The number of amides is 1. The molecule has 4 atom stereocenters. The quantitative estimate of drug-likeness (QED) is 0.498. The van der Waals surface area contributed by atoms with Gasteiger partial charge in [-0.25, -0.2) is 4.79 Å². The van der Waals surface area contributed by atoms with E-state index in [2.05, 4.69) is 5.32 Å². The van der Waals surface area contributed by atoms with E-state index in [-0.39, 0.29) is 6.61 Å². The highest BCUT2D eigenvalue weighted by molar-refractivity contribution is 6.57. The topological polar surface area (TPSA) is 102 Å². The number of esters is 2. The molecule has 1 aliphatic rings. The number of carbonyl (C=O) groups is 3. The van der Waals surface area contributed by atoms with Crippen LogP contribution in [0.1, 0.15) is 20.3 Å². The summed E-state index contributed by atoms with van der Waals surface area (Å²) < 4.78 is 9.88. The molecule has 0 aromatic carbocycles. The number of hydrogen-bond acceptors (Lipinski definition) is 6. The van der Waals surface area contributed by atoms with Crippen LogP contribution < -0.4 is 5.32 Å². The zero-order chi connectivity index (χ0) is 14.6. The summed E-state index contributed by atoms with van der Waals surface area (Å²) in [6.07, 6.45) is -1.70. The highest BCUT2D eigenvalue weighted by Gasteiger charge is 2.37. The van der Waals surface area contributed by atoms with Gasteiger partial charge in [-0.05, 0) is 13.3 Å². The molecule has 1 aliphatic heterocycles. The van der Waals surface area contributed by atoms with Crippen LogP contribution in [0.15, 0.2) is 0 Å². The van der Waals surface area contributed by atoms with Crippen molar-refractivity contribution in [1.29, 1.82) is 0 Å². The third-order valence-corrected chi connectivity index (χ3v) is 2.93. The van der Waals surface area contributed by atoms with Gasteiger partial charge in [-0.15, -0.1) is 0 Å². The molecular formula is C11H16BNO6. The average molecular weight is 269 g/mol. The Hall–Kier alpha value is -1.57. The van der Waals surface area contributed by atoms with Crippen molar-refractivity contribution in [3.63, 3.8) is 0 Å². The fourth-order valence-electron chi connectivity index (χ4n) is 1.82. The van der Waals surface area contributed by atoms with Gasteiger partial charge in [-0.3, -0.25) is 9.59 Å². The van der Waals surface area contributed by atoms with Gasteiger partial charge >= 0.3 is 11.9 Å². The lowest BCUT2D eigenvalue weighted by molar-refractivity contribution is -0.159. The molecule has 1 rings (SSSR count). The summed E-state index contributed by atoms with van der Waals surface area (Å²) >= 11 is 0. The van der Waals surface area contributed by atoms with E-state index in [1.54, 1.807) is 6.92 Å². The lowest BCUT2D eigenvalue weighted by Crippen LogP contribution is -2.45. The molecule has 104 valence electrons. The van der Waals surface area contributed by atoms with Gasteiger partial charge < -0.3 is 19.9 Å². The van der Waals surface area contributed by atoms with E-state index in [0.717, 1.165) is 0 Å². The number of hydrogen-bond donors (Lipinski definition) is 2. The third kappa shape index (κ3) is 3.95. The Morgan fingerprint density at radius 3 is 2.63 bits per heavy atom. The maximum absolute atomic E-state index is 11.8. The maximum Gasteiger partial charge on any atom is 0.332 e. The fourth-order valence-corrected chi connectivity index (χ4v) is 1.82. The monoisotopic (exact) mass is 269 g/mol. The minimum Gasteiger partial charge on any atom is -0.463 e. The standard InChI is InChI=1S/C11H16BNO6/c1-3-6-8(14)5(2)19-10(16)7(13-11(12)17)4-18-9(6)15/h5-8,14H,3-4H2,1-2H3,(H,13,17)/t5-,6+,7?,8-/m0/s1. The Morgan fingerprint density at radius 2 is 2.11 bits per heavy atom. The average Bonchev–Trinajstić information content (AvgIpc) is 2.36. The van der Waals surface area contributed by atoms with Crippen molar-refractivity contribution >= 4 is 25.6 Å². The van der Waals surface area contributed by atoms with Gasteiger partial charge in [0, 0.05) is 0 Å². The predicted molar refractivity (Wildman–Crippen MR) is 64.4 cm³/mol. The van der Waals surface area contributed by atoms with Crippen molar-refractivity contribution < 1.29 is 29.0 Å². The number of cyclic esters (lactones) is 2. The number of aliphatic hydroxyl groups excluding tert-OH is 1. The van der Waals surface area contributed by atoms with Crippen LogP contribution in [0.25, 0.3) is 0 Å². The van der Waals surface area contributed by atoms with E-state index < -0.39 is 41.9 Å². The molecular weight excluding hydrogens is 253 g/mol. The molecule has 1 amide bonds. The molecule has 19 heavy (non-hydrogen) atoms. The second-order valence-electron chi connectivity index (χ2n) is 4.34. The zero-order valence-corrected chi connectivity index (χ0v) is 10.8. The van der Waals surface area contributed by atoms with Gasteiger partial charge in [0.05, 0.1) is 5.92 Å². The fraction of sp³-hybridized carbons (Fsp3) is 0.727. The van der Waals surface area contributed by atoms with Crippen molar-refractivity contribution in [2.75, 3.05) is 6.61 Å². The molecule has 0 bridgehead atoms. The third-order valence-electron chi connectivity index (χ3n) is 2.93. The molecule has 0 saturated carbocycles. The molecule has 0 aromatic rings. The van der Waals surface area contributed by atoms with E-state index in [0.29, 0.717) is 6.42 Å². The summed E-state index contributed by atoms with van der Waals surface area (Å²) in [6.45, 7) is 2.79. The summed E-state index contributed by atoms with van der Waals surface area (Å²) in [6, 6.07) is -1.17. The van der Waals surface area contributed by atoms with E-state index in [1.807, 2.05) is 0 Å². The Balaban J connectivity index is 2.90. The summed E-state index contributed by atoms with van der Waals surface area (Å²) in [4.78, 5) is 34.2. The van der Waals surface area contributed by atoms with Gasteiger partial charge in [0.15, 0.2) is 11.8 Å². The Labute approximate surface area is 112 Å². The lowest BCUT2D eigenvalue weighted by atomic mass is 9.96. The SMILES string of the molecule is [B]C(=O)NC1COC(=O)[C@H](CC)[C@@H](O)[C@H](C)OC1=O. The van der Waals surface area contributed by atoms with Gasteiger partial charge in [0.1, 0.15) is 18.8 Å². The van der Waals surface area contributed by atoms with Crippen LogP contribution in [0, 0.1) is 5.92 Å². The Morgan fingerprint density at radius 1 is 1.47 bits per heavy atom. The number of ether oxygens (including phenoxy) is 2. The highest BCUT2D eigenvalue weighted by atomic mass is 16.6. The summed E-state index contributed by atoms with van der Waals surface area (Å²) in [5.41, 5.74) is 0. The second kappa shape index (κ2) is 6.56. The van der Waals surface area contributed by atoms with Crippen molar-refractivity contribution in [1.82, 2.24) is 5.32 Å². The number of rotatable bonds is 2. The van der Waals surface area contributed by atoms with Crippen molar-refractivity contribution in [3.05, 3.63) is 0 Å². The van der Waals surface area contributed by atoms with Crippen LogP contribution in [-0.4, -0.2) is 55.6 Å². The normalized spacial score (nSPS) is 32.4. The molecule has 1 unspecified atom stereocenters. The minimum absolute atomic E-state index is 0.343. The lowest BCUT2D eigenvalue weighted by Gasteiger charge is -2.23. The van der Waals surface area contributed by atoms with Gasteiger partial charge in [0.2, 0.25) is 7.85 Å². The summed E-state index contributed by atoms with van der Waals surface area (Å²) in [5.74, 6) is -3.17. The number of aliphatic hydroxyl groups is 1. The first-order valence-corrected chi connectivity index (χ1v) is 5.98. The smallest absolute Gasteiger partial charge is 0.332 e. The van der Waals surface area contributed by atoms with E-state index in [9.17, 15) is 19.5 Å². The van der Waals surface area contributed by atoms with E-state index in [1.165, 1.54) is 6.92 Å². The minimum atomic E-state index is -1.17. The maximum atomic E-state index is 11.8. The molecule has 2 N–H and O–H groups in total. The van der Waals surface area contributed by atoms with Crippen molar-refractivity contribution in [2.45, 2.75) is 38.5 Å². The first-order chi connectivity index (χ1) is 8.86. The van der Waals surface area contributed by atoms with Crippen LogP contribution >= 0.6 is 0 Å². The Kier molecular flexibility index (Phi) is 5.35. The van der Waals surface area contributed by atoms with Crippen LogP contribution in [0.2, 0.25) is 0 Å². The van der Waals surface area contributed by atoms with E-state index in [4.69, 9.17) is 17.3 Å². The van der Waals surface area contributed by atoms with Gasteiger partial charge in [-0.2, -0.15) is 0 Å². The first-order valence-electron chi connectivity index (χ1n) is 5.98. The predicted octanol–water partition coefficient (Wildman–Crippen LogP) is -0.891. The summed E-state index contributed by atoms with van der Waals surface area (Å²) in [5, 5.41) is 12.1. The van der Waals surface area contributed by atoms with Crippen LogP contribution in [0.4, 0.5) is 4.79 Å². The molecule has 2 radical (unpaired) electrons. The first kappa shape index (κ1) is 15.5. The van der Waals surface area contributed by atoms with Gasteiger partial charge in [-0.1, -0.05) is 6.92 Å². The Bertz CT molecular complexity index is 374. The van der Waals surface area contributed by atoms with Gasteiger partial charge in [0.25, 0.3) is 0 Å². The van der Waals surface area contributed by atoms with Crippen molar-refractivity contribution in [2.24, 2.45) is 5.92 Å².